The molecule has 0 amide bonds. The lowest BCUT2D eigenvalue weighted by molar-refractivity contribution is 0.661. The average molecular weight is 514 g/mol. The Kier molecular flexibility index (Phi) is 4.86. The Hall–Kier alpha value is -5.02. The first-order valence-electron chi connectivity index (χ1n) is 13.8. The first-order valence-corrected chi connectivity index (χ1v) is 13.8. The fourth-order valence-corrected chi connectivity index (χ4v) is 6.60. The number of benzene rings is 6. The van der Waals surface area contributed by atoms with Gasteiger partial charge in [-0.05, 0) is 81.6 Å². The number of fused-ring (bicyclic) bond motifs is 9. The fraction of sp³-hybridized carbons (Fsp3) is 0.0811. The summed E-state index contributed by atoms with van der Waals surface area (Å²) >= 11 is 0. The molecule has 3 nitrogen and oxygen atoms in total. The maximum atomic E-state index is 4.83. The Morgan fingerprint density at radius 1 is 0.475 bits per heavy atom. The van der Waals surface area contributed by atoms with E-state index >= 15 is 0 Å². The number of hydrogen-bond donors (Lipinski definition) is 0. The summed E-state index contributed by atoms with van der Waals surface area (Å²) < 4.78 is 0. The van der Waals surface area contributed by atoms with Gasteiger partial charge in [-0.1, -0.05) is 80.6 Å². The van der Waals surface area contributed by atoms with E-state index < -0.39 is 0 Å². The highest BCUT2D eigenvalue weighted by atomic mass is 15.1. The van der Waals surface area contributed by atoms with Crippen molar-refractivity contribution in [2.45, 2.75) is 19.3 Å². The minimum Gasteiger partial charge on any atom is -0.310 e. The Balaban J connectivity index is 1.41. The molecule has 1 aliphatic rings. The summed E-state index contributed by atoms with van der Waals surface area (Å²) in [5.41, 5.74) is 10.5. The van der Waals surface area contributed by atoms with Crippen LogP contribution in [0.25, 0.3) is 43.7 Å². The van der Waals surface area contributed by atoms with E-state index in [1.165, 1.54) is 33.0 Å². The van der Waals surface area contributed by atoms with Gasteiger partial charge in [-0.2, -0.15) is 0 Å². The standard InChI is InChI=1S/C37H27N3/c1-37(2)33-18-17-26(40(24-11-5-3-6-12-24)25-13-7-4-8-14-25)21-30(33)31-22-32-29(23-34(31)37)27-15-9-10-16-28(27)35-36(32)39-20-19-38-35/h3-23H,1-2H3. The van der Waals surface area contributed by atoms with Gasteiger partial charge in [-0.25, -0.2) is 0 Å². The molecule has 7 aromatic rings. The second kappa shape index (κ2) is 8.49. The number of nitrogens with zero attached hydrogens (tertiary/aromatic N) is 3. The van der Waals surface area contributed by atoms with Crippen molar-refractivity contribution in [1.29, 1.82) is 0 Å². The minimum absolute atomic E-state index is 0.125. The lowest BCUT2D eigenvalue weighted by Gasteiger charge is -2.27. The number of hydrogen-bond acceptors (Lipinski definition) is 3. The second-order valence-electron chi connectivity index (χ2n) is 11.1. The molecule has 0 fully saturated rings. The maximum absolute atomic E-state index is 4.83. The molecule has 0 saturated carbocycles. The highest BCUT2D eigenvalue weighted by molar-refractivity contribution is 6.24. The van der Waals surface area contributed by atoms with Crippen molar-refractivity contribution in [3.8, 4) is 11.1 Å². The molecule has 40 heavy (non-hydrogen) atoms. The Bertz CT molecular complexity index is 2040. The van der Waals surface area contributed by atoms with E-state index in [-0.39, 0.29) is 5.41 Å². The number of rotatable bonds is 3. The normalized spacial score (nSPS) is 13.4. The van der Waals surface area contributed by atoms with Crippen LogP contribution in [0.2, 0.25) is 0 Å². The molecule has 6 aromatic carbocycles. The van der Waals surface area contributed by atoms with Gasteiger partial charge in [-0.15, -0.1) is 0 Å². The molecule has 0 spiro atoms. The van der Waals surface area contributed by atoms with E-state index in [2.05, 4.69) is 134 Å². The first kappa shape index (κ1) is 22.9. The molecule has 0 saturated heterocycles. The molecule has 0 bridgehead atoms. The zero-order valence-electron chi connectivity index (χ0n) is 22.5. The van der Waals surface area contributed by atoms with Gasteiger partial charge in [0.15, 0.2) is 0 Å². The van der Waals surface area contributed by atoms with Gasteiger partial charge < -0.3 is 4.90 Å². The Morgan fingerprint density at radius 3 is 1.73 bits per heavy atom. The predicted octanol–water partition coefficient (Wildman–Crippen LogP) is 9.71. The number of para-hydroxylation sites is 2. The lowest BCUT2D eigenvalue weighted by atomic mass is 9.81. The predicted molar refractivity (Wildman–Crippen MR) is 167 cm³/mol. The van der Waals surface area contributed by atoms with Crippen LogP contribution in [0.1, 0.15) is 25.0 Å². The average Bonchev–Trinajstić information content (AvgIpc) is 3.23. The van der Waals surface area contributed by atoms with Crippen molar-refractivity contribution in [3.05, 3.63) is 139 Å². The van der Waals surface area contributed by atoms with Crippen molar-refractivity contribution in [1.82, 2.24) is 9.97 Å². The molecular formula is C37H27N3. The molecule has 1 aliphatic carbocycles. The zero-order valence-corrected chi connectivity index (χ0v) is 22.5. The lowest BCUT2D eigenvalue weighted by Crippen LogP contribution is -2.15. The van der Waals surface area contributed by atoms with Crippen molar-refractivity contribution < 1.29 is 0 Å². The van der Waals surface area contributed by atoms with Crippen LogP contribution in [-0.2, 0) is 5.41 Å². The van der Waals surface area contributed by atoms with Crippen LogP contribution in [0, 0.1) is 0 Å². The van der Waals surface area contributed by atoms with Crippen molar-refractivity contribution in [2.24, 2.45) is 0 Å². The van der Waals surface area contributed by atoms with Crippen LogP contribution in [0.5, 0.6) is 0 Å². The third-order valence-corrected chi connectivity index (χ3v) is 8.51. The monoisotopic (exact) mass is 513 g/mol. The third-order valence-electron chi connectivity index (χ3n) is 8.51. The molecule has 3 heteroatoms. The summed E-state index contributed by atoms with van der Waals surface area (Å²) in [6.45, 7) is 4.69. The van der Waals surface area contributed by atoms with E-state index in [0.717, 1.165) is 38.9 Å². The number of anilines is 3. The highest BCUT2D eigenvalue weighted by Crippen LogP contribution is 2.52. The van der Waals surface area contributed by atoms with Gasteiger partial charge in [0.1, 0.15) is 0 Å². The molecule has 0 N–H and O–H groups in total. The minimum atomic E-state index is -0.125. The summed E-state index contributed by atoms with van der Waals surface area (Å²) in [7, 11) is 0. The van der Waals surface area contributed by atoms with Gasteiger partial charge >= 0.3 is 0 Å². The smallest absolute Gasteiger partial charge is 0.0971 e. The SMILES string of the molecule is CC1(C)c2ccc(N(c3ccccc3)c3ccccc3)cc2-c2cc3c(cc21)c1ccccc1c1nccnc31. The van der Waals surface area contributed by atoms with Gasteiger partial charge in [0.25, 0.3) is 0 Å². The van der Waals surface area contributed by atoms with Gasteiger partial charge in [0.2, 0.25) is 0 Å². The van der Waals surface area contributed by atoms with Gasteiger partial charge in [0, 0.05) is 45.6 Å². The van der Waals surface area contributed by atoms with Crippen LogP contribution >= 0.6 is 0 Å². The van der Waals surface area contributed by atoms with Gasteiger partial charge in [-0.3, -0.25) is 9.97 Å². The fourth-order valence-electron chi connectivity index (χ4n) is 6.60. The van der Waals surface area contributed by atoms with Crippen LogP contribution < -0.4 is 4.90 Å². The second-order valence-corrected chi connectivity index (χ2v) is 11.1. The largest absolute Gasteiger partial charge is 0.310 e. The van der Waals surface area contributed by atoms with Gasteiger partial charge in [0.05, 0.1) is 11.0 Å². The number of aromatic nitrogens is 2. The van der Waals surface area contributed by atoms with E-state index in [1.54, 1.807) is 12.4 Å². The summed E-state index contributed by atoms with van der Waals surface area (Å²) in [5, 5.41) is 4.76. The molecule has 0 unspecified atom stereocenters. The summed E-state index contributed by atoms with van der Waals surface area (Å²) in [5.74, 6) is 0. The molecule has 8 rings (SSSR count). The molecule has 0 aliphatic heterocycles. The van der Waals surface area contributed by atoms with E-state index in [4.69, 9.17) is 9.97 Å². The first-order chi connectivity index (χ1) is 19.6. The quantitative estimate of drug-likeness (QED) is 0.220. The van der Waals surface area contributed by atoms with Crippen molar-refractivity contribution in [2.75, 3.05) is 4.90 Å². The van der Waals surface area contributed by atoms with E-state index in [0.29, 0.717) is 0 Å². The Morgan fingerprint density at radius 2 is 1.05 bits per heavy atom. The summed E-state index contributed by atoms with van der Waals surface area (Å²) in [6, 6.07) is 41.5. The topological polar surface area (TPSA) is 29.0 Å². The third kappa shape index (κ3) is 3.24. The molecular weight excluding hydrogens is 486 g/mol. The van der Waals surface area contributed by atoms with Crippen LogP contribution in [0.3, 0.4) is 0 Å². The zero-order chi connectivity index (χ0) is 26.8. The summed E-state index contributed by atoms with van der Waals surface area (Å²) in [4.78, 5) is 11.9. The van der Waals surface area contributed by atoms with Crippen molar-refractivity contribution >= 4 is 49.6 Å². The highest BCUT2D eigenvalue weighted by Gasteiger charge is 2.36. The van der Waals surface area contributed by atoms with Crippen molar-refractivity contribution in [3.63, 3.8) is 0 Å². The molecule has 1 heterocycles. The molecule has 190 valence electrons. The Labute approximate surface area is 233 Å². The summed E-state index contributed by atoms with van der Waals surface area (Å²) in [6.07, 6.45) is 3.60. The van der Waals surface area contributed by atoms with Crippen LogP contribution in [-0.4, -0.2) is 9.97 Å². The van der Waals surface area contributed by atoms with E-state index in [9.17, 15) is 0 Å². The van der Waals surface area contributed by atoms with Crippen LogP contribution in [0.4, 0.5) is 17.1 Å². The maximum Gasteiger partial charge on any atom is 0.0971 e. The van der Waals surface area contributed by atoms with Crippen LogP contribution in [0.15, 0.2) is 128 Å². The molecule has 0 atom stereocenters. The molecule has 1 aromatic heterocycles. The van der Waals surface area contributed by atoms with E-state index in [1.807, 2.05) is 0 Å². The molecule has 0 radical (unpaired) electrons.